The van der Waals surface area contributed by atoms with E-state index in [1.807, 2.05) is 0 Å². The number of hydrogen-bond acceptors (Lipinski definition) is 3. The zero-order chi connectivity index (χ0) is 9.97. The van der Waals surface area contributed by atoms with Crippen LogP contribution >= 0.6 is 11.8 Å². The number of thioether (sulfide) groups is 1. The normalized spacial score (nSPS) is 37.3. The SMILES string of the molecule is CC(N)C1CCCN(C2CCSC2)C1. The molecule has 3 heteroatoms. The first kappa shape index (κ1) is 10.8. The molecule has 0 aromatic carbocycles. The lowest BCUT2D eigenvalue weighted by molar-refractivity contribution is 0.124. The Labute approximate surface area is 91.6 Å². The fraction of sp³-hybridized carbons (Fsp3) is 1.00. The van der Waals surface area contributed by atoms with E-state index in [0.29, 0.717) is 6.04 Å². The van der Waals surface area contributed by atoms with Crippen LogP contribution in [-0.2, 0) is 0 Å². The quantitative estimate of drug-likeness (QED) is 0.756. The summed E-state index contributed by atoms with van der Waals surface area (Å²) in [5, 5.41) is 0. The van der Waals surface area contributed by atoms with Crippen LogP contribution in [0, 0.1) is 5.92 Å². The first-order chi connectivity index (χ1) is 6.77. The van der Waals surface area contributed by atoms with E-state index in [9.17, 15) is 0 Å². The van der Waals surface area contributed by atoms with Crippen molar-refractivity contribution in [2.24, 2.45) is 11.7 Å². The minimum Gasteiger partial charge on any atom is -0.328 e. The molecule has 2 rings (SSSR count). The lowest BCUT2D eigenvalue weighted by Gasteiger charge is -2.38. The predicted molar refractivity (Wildman–Crippen MR) is 63.7 cm³/mol. The summed E-state index contributed by atoms with van der Waals surface area (Å²) in [6, 6.07) is 1.24. The van der Waals surface area contributed by atoms with Crippen molar-refractivity contribution in [1.29, 1.82) is 0 Å². The summed E-state index contributed by atoms with van der Waals surface area (Å²) in [6.45, 7) is 4.73. The van der Waals surface area contributed by atoms with Gasteiger partial charge in [0.15, 0.2) is 0 Å². The Morgan fingerprint density at radius 1 is 1.43 bits per heavy atom. The molecular weight excluding hydrogens is 192 g/mol. The van der Waals surface area contributed by atoms with Crippen LogP contribution < -0.4 is 5.73 Å². The summed E-state index contributed by atoms with van der Waals surface area (Å²) in [7, 11) is 0. The van der Waals surface area contributed by atoms with Gasteiger partial charge in [0.05, 0.1) is 0 Å². The second-order valence-corrected chi connectivity index (χ2v) is 5.92. The zero-order valence-electron chi connectivity index (χ0n) is 9.11. The molecule has 0 bridgehead atoms. The Morgan fingerprint density at radius 2 is 2.29 bits per heavy atom. The van der Waals surface area contributed by atoms with Gasteiger partial charge in [-0.3, -0.25) is 4.90 Å². The summed E-state index contributed by atoms with van der Waals surface area (Å²) >= 11 is 2.11. The third-order valence-electron chi connectivity index (χ3n) is 3.65. The topological polar surface area (TPSA) is 29.3 Å². The van der Waals surface area contributed by atoms with E-state index in [4.69, 9.17) is 5.73 Å². The molecule has 2 saturated heterocycles. The Hall–Kier alpha value is 0.270. The maximum atomic E-state index is 6.00. The van der Waals surface area contributed by atoms with Crippen LogP contribution in [0.3, 0.4) is 0 Å². The Bertz CT molecular complexity index is 178. The maximum Gasteiger partial charge on any atom is 0.0194 e. The third-order valence-corrected chi connectivity index (χ3v) is 4.80. The van der Waals surface area contributed by atoms with E-state index in [1.165, 1.54) is 43.9 Å². The van der Waals surface area contributed by atoms with Crippen molar-refractivity contribution in [3.63, 3.8) is 0 Å². The highest BCUT2D eigenvalue weighted by Crippen LogP contribution is 2.27. The summed E-state index contributed by atoms with van der Waals surface area (Å²) < 4.78 is 0. The van der Waals surface area contributed by atoms with Gasteiger partial charge in [0.1, 0.15) is 0 Å². The molecular formula is C11H22N2S. The van der Waals surface area contributed by atoms with Crippen LogP contribution in [0.25, 0.3) is 0 Å². The Kier molecular flexibility index (Phi) is 3.74. The van der Waals surface area contributed by atoms with Gasteiger partial charge in [-0.2, -0.15) is 11.8 Å². The van der Waals surface area contributed by atoms with Crippen LogP contribution in [0.2, 0.25) is 0 Å². The second-order valence-electron chi connectivity index (χ2n) is 4.77. The summed E-state index contributed by atoms with van der Waals surface area (Å²) in [4.78, 5) is 2.69. The minimum atomic E-state index is 0.381. The van der Waals surface area contributed by atoms with E-state index >= 15 is 0 Å². The monoisotopic (exact) mass is 214 g/mol. The van der Waals surface area contributed by atoms with Gasteiger partial charge in [-0.1, -0.05) is 0 Å². The van der Waals surface area contributed by atoms with Crippen molar-refractivity contribution >= 4 is 11.8 Å². The number of likely N-dealkylation sites (tertiary alicyclic amines) is 1. The molecule has 0 radical (unpaired) electrons. The highest BCUT2D eigenvalue weighted by atomic mass is 32.2. The van der Waals surface area contributed by atoms with Crippen LogP contribution in [0.5, 0.6) is 0 Å². The first-order valence-corrected chi connectivity index (χ1v) is 7.00. The number of hydrogen-bond donors (Lipinski definition) is 1. The molecule has 2 aliphatic rings. The van der Waals surface area contributed by atoms with E-state index in [0.717, 1.165) is 12.0 Å². The average Bonchev–Trinajstić information content (AvgIpc) is 2.71. The molecule has 2 fully saturated rings. The van der Waals surface area contributed by atoms with Crippen molar-refractivity contribution in [1.82, 2.24) is 4.90 Å². The number of nitrogens with two attached hydrogens (primary N) is 1. The molecule has 0 aliphatic carbocycles. The van der Waals surface area contributed by atoms with Gasteiger partial charge >= 0.3 is 0 Å². The standard InChI is InChI=1S/C11H22N2S/c1-9(12)10-3-2-5-13(7-10)11-4-6-14-8-11/h9-11H,2-8,12H2,1H3. The molecule has 82 valence electrons. The van der Waals surface area contributed by atoms with Gasteiger partial charge < -0.3 is 5.73 Å². The molecule has 2 nitrogen and oxygen atoms in total. The highest BCUT2D eigenvalue weighted by molar-refractivity contribution is 7.99. The average molecular weight is 214 g/mol. The zero-order valence-corrected chi connectivity index (χ0v) is 9.93. The number of piperidine rings is 1. The van der Waals surface area contributed by atoms with E-state index in [1.54, 1.807) is 0 Å². The molecule has 0 amide bonds. The van der Waals surface area contributed by atoms with Gasteiger partial charge in [-0.15, -0.1) is 0 Å². The van der Waals surface area contributed by atoms with Gasteiger partial charge in [0.2, 0.25) is 0 Å². The number of rotatable bonds is 2. The lowest BCUT2D eigenvalue weighted by Crippen LogP contribution is -2.46. The van der Waals surface area contributed by atoms with E-state index in [-0.39, 0.29) is 0 Å². The molecule has 3 atom stereocenters. The van der Waals surface area contributed by atoms with Crippen molar-refractivity contribution in [2.75, 3.05) is 24.6 Å². The minimum absolute atomic E-state index is 0.381. The van der Waals surface area contributed by atoms with Crippen LogP contribution in [-0.4, -0.2) is 41.6 Å². The van der Waals surface area contributed by atoms with Crippen molar-refractivity contribution in [3.05, 3.63) is 0 Å². The largest absolute Gasteiger partial charge is 0.328 e. The molecule has 0 saturated carbocycles. The first-order valence-electron chi connectivity index (χ1n) is 5.85. The summed E-state index contributed by atoms with van der Waals surface area (Å²) in [5.41, 5.74) is 6.00. The highest BCUT2D eigenvalue weighted by Gasteiger charge is 2.29. The van der Waals surface area contributed by atoms with E-state index in [2.05, 4.69) is 23.6 Å². The maximum absolute atomic E-state index is 6.00. The van der Waals surface area contributed by atoms with Crippen LogP contribution in [0.1, 0.15) is 26.2 Å². The van der Waals surface area contributed by atoms with Gasteiger partial charge in [-0.25, -0.2) is 0 Å². The van der Waals surface area contributed by atoms with Crippen molar-refractivity contribution < 1.29 is 0 Å². The van der Waals surface area contributed by atoms with Crippen LogP contribution in [0.4, 0.5) is 0 Å². The van der Waals surface area contributed by atoms with Crippen molar-refractivity contribution in [3.8, 4) is 0 Å². The smallest absolute Gasteiger partial charge is 0.0194 e. The second kappa shape index (κ2) is 4.86. The van der Waals surface area contributed by atoms with E-state index < -0.39 is 0 Å². The molecule has 0 aromatic heterocycles. The Morgan fingerprint density at radius 3 is 2.93 bits per heavy atom. The predicted octanol–water partition coefficient (Wildman–Crippen LogP) is 1.55. The third kappa shape index (κ3) is 2.44. The molecule has 0 aromatic rings. The fourth-order valence-corrected chi connectivity index (χ4v) is 3.87. The van der Waals surface area contributed by atoms with Gasteiger partial charge in [-0.05, 0) is 44.4 Å². The summed E-state index contributed by atoms with van der Waals surface area (Å²) in [6.07, 6.45) is 4.09. The fourth-order valence-electron chi connectivity index (χ4n) is 2.61. The molecule has 2 heterocycles. The lowest BCUT2D eigenvalue weighted by atomic mass is 9.91. The van der Waals surface area contributed by atoms with Gasteiger partial charge in [0, 0.05) is 24.4 Å². The Balaban J connectivity index is 1.86. The molecule has 2 N–H and O–H groups in total. The number of nitrogens with zero attached hydrogens (tertiary/aromatic N) is 1. The van der Waals surface area contributed by atoms with Crippen LogP contribution in [0.15, 0.2) is 0 Å². The molecule has 14 heavy (non-hydrogen) atoms. The van der Waals surface area contributed by atoms with Gasteiger partial charge in [0.25, 0.3) is 0 Å². The molecule has 2 aliphatic heterocycles. The summed E-state index contributed by atoms with van der Waals surface area (Å²) in [5.74, 6) is 3.46. The molecule has 3 unspecified atom stereocenters. The van der Waals surface area contributed by atoms with Crippen molar-refractivity contribution in [2.45, 2.75) is 38.3 Å². The molecule has 0 spiro atoms.